The van der Waals surface area contributed by atoms with Crippen molar-refractivity contribution < 1.29 is 13.9 Å². The first-order chi connectivity index (χ1) is 13.7. The number of hydrogen-bond acceptors (Lipinski definition) is 6. The third-order valence-corrected chi connectivity index (χ3v) is 4.97. The lowest BCUT2D eigenvalue weighted by molar-refractivity contribution is 0.102. The van der Waals surface area contributed by atoms with E-state index in [9.17, 15) is 4.79 Å². The van der Waals surface area contributed by atoms with Gasteiger partial charge in [-0.15, -0.1) is 0 Å². The minimum atomic E-state index is -0.194. The largest absolute Gasteiger partial charge is 0.481 e. The SMILES string of the molecule is COc1ccc(NC(=O)c2ccccc2CSc2nc3ccccc3o2)cn1. The standard InChI is InChI=1S/C21H17N3O3S/c1-26-19-11-10-15(12-22-19)23-20(25)16-7-3-2-6-14(16)13-28-21-24-17-8-4-5-9-18(17)27-21/h2-12H,13H2,1H3,(H,23,25). The molecule has 2 aromatic carbocycles. The predicted octanol–water partition coefficient (Wildman–Crippen LogP) is 4.78. The van der Waals surface area contributed by atoms with Crippen LogP contribution in [0, 0.1) is 0 Å². The average molecular weight is 391 g/mol. The second kappa shape index (κ2) is 8.14. The third kappa shape index (κ3) is 3.99. The van der Waals surface area contributed by atoms with E-state index in [1.54, 1.807) is 31.5 Å². The first kappa shape index (κ1) is 18.1. The Hall–Kier alpha value is -3.32. The van der Waals surface area contributed by atoms with Gasteiger partial charge in [-0.2, -0.15) is 0 Å². The number of thioether (sulfide) groups is 1. The Labute approximate surface area is 166 Å². The van der Waals surface area contributed by atoms with Gasteiger partial charge < -0.3 is 14.5 Å². The van der Waals surface area contributed by atoms with Gasteiger partial charge in [0.05, 0.1) is 19.0 Å². The topological polar surface area (TPSA) is 77.2 Å². The van der Waals surface area contributed by atoms with Crippen molar-refractivity contribution in [1.82, 2.24) is 9.97 Å². The van der Waals surface area contributed by atoms with Gasteiger partial charge in [-0.05, 0) is 29.8 Å². The second-order valence-corrected chi connectivity index (χ2v) is 6.86. The van der Waals surface area contributed by atoms with Crippen LogP contribution in [0.5, 0.6) is 5.88 Å². The molecule has 0 spiro atoms. The number of fused-ring (bicyclic) bond motifs is 1. The number of carbonyl (C=O) groups is 1. The maximum absolute atomic E-state index is 12.7. The molecular formula is C21H17N3O3S. The van der Waals surface area contributed by atoms with Gasteiger partial charge in [-0.25, -0.2) is 9.97 Å². The predicted molar refractivity (Wildman–Crippen MR) is 109 cm³/mol. The fourth-order valence-corrected chi connectivity index (χ4v) is 3.54. The molecule has 0 aliphatic heterocycles. The summed E-state index contributed by atoms with van der Waals surface area (Å²) in [5, 5.41) is 3.44. The van der Waals surface area contributed by atoms with Gasteiger partial charge in [0.2, 0.25) is 5.88 Å². The highest BCUT2D eigenvalue weighted by Crippen LogP contribution is 2.27. The number of benzene rings is 2. The molecule has 6 nitrogen and oxygen atoms in total. The van der Waals surface area contributed by atoms with Gasteiger partial charge in [-0.3, -0.25) is 4.79 Å². The van der Waals surface area contributed by atoms with Crippen LogP contribution >= 0.6 is 11.8 Å². The highest BCUT2D eigenvalue weighted by atomic mass is 32.2. The Morgan fingerprint density at radius 2 is 1.93 bits per heavy atom. The zero-order valence-electron chi connectivity index (χ0n) is 15.1. The molecular weight excluding hydrogens is 374 g/mol. The van der Waals surface area contributed by atoms with Crippen LogP contribution in [0.25, 0.3) is 11.1 Å². The molecule has 2 heterocycles. The number of para-hydroxylation sites is 2. The molecule has 4 rings (SSSR count). The maximum atomic E-state index is 12.7. The lowest BCUT2D eigenvalue weighted by Crippen LogP contribution is -2.14. The number of amides is 1. The number of ether oxygens (including phenoxy) is 1. The van der Waals surface area contributed by atoms with E-state index in [4.69, 9.17) is 9.15 Å². The van der Waals surface area contributed by atoms with Crippen molar-refractivity contribution in [2.45, 2.75) is 11.0 Å². The fraction of sp³-hybridized carbons (Fsp3) is 0.0952. The minimum absolute atomic E-state index is 0.194. The molecule has 0 atom stereocenters. The molecule has 0 radical (unpaired) electrons. The number of aromatic nitrogens is 2. The molecule has 7 heteroatoms. The second-order valence-electron chi connectivity index (χ2n) is 5.94. The van der Waals surface area contributed by atoms with Crippen molar-refractivity contribution >= 4 is 34.5 Å². The van der Waals surface area contributed by atoms with Crippen molar-refractivity contribution in [3.05, 3.63) is 78.0 Å². The summed E-state index contributed by atoms with van der Waals surface area (Å²) in [4.78, 5) is 21.3. The number of nitrogens with zero attached hydrogens (tertiary/aromatic N) is 2. The van der Waals surface area contributed by atoms with Crippen molar-refractivity contribution in [3.63, 3.8) is 0 Å². The van der Waals surface area contributed by atoms with Crippen LogP contribution in [0.3, 0.4) is 0 Å². The van der Waals surface area contributed by atoms with Crippen LogP contribution in [0.4, 0.5) is 5.69 Å². The number of hydrogen-bond donors (Lipinski definition) is 1. The molecule has 0 unspecified atom stereocenters. The van der Waals surface area contributed by atoms with E-state index in [2.05, 4.69) is 15.3 Å². The van der Waals surface area contributed by atoms with Gasteiger partial charge in [0.15, 0.2) is 5.58 Å². The molecule has 1 N–H and O–H groups in total. The molecule has 0 saturated carbocycles. The van der Waals surface area contributed by atoms with Gasteiger partial charge in [-0.1, -0.05) is 42.1 Å². The molecule has 4 aromatic rings. The number of carbonyl (C=O) groups excluding carboxylic acids is 1. The summed E-state index contributed by atoms with van der Waals surface area (Å²) < 4.78 is 10.8. The Morgan fingerprint density at radius 3 is 2.71 bits per heavy atom. The molecule has 1 amide bonds. The normalized spacial score (nSPS) is 10.8. The Bertz CT molecular complexity index is 1080. The van der Waals surface area contributed by atoms with Crippen LogP contribution in [0.15, 0.2) is 76.5 Å². The minimum Gasteiger partial charge on any atom is -0.481 e. The maximum Gasteiger partial charge on any atom is 0.257 e. The average Bonchev–Trinajstić information content (AvgIpc) is 3.16. The number of rotatable bonds is 6. The van der Waals surface area contributed by atoms with E-state index in [1.807, 2.05) is 42.5 Å². The Morgan fingerprint density at radius 1 is 1.11 bits per heavy atom. The smallest absolute Gasteiger partial charge is 0.257 e. The molecule has 2 aromatic heterocycles. The van der Waals surface area contributed by atoms with Gasteiger partial charge >= 0.3 is 0 Å². The molecule has 0 saturated heterocycles. The van der Waals surface area contributed by atoms with Crippen molar-refractivity contribution in [3.8, 4) is 5.88 Å². The first-order valence-corrected chi connectivity index (χ1v) is 9.59. The molecule has 140 valence electrons. The Kier molecular flexibility index (Phi) is 5.25. The summed E-state index contributed by atoms with van der Waals surface area (Å²) in [6.45, 7) is 0. The zero-order valence-corrected chi connectivity index (χ0v) is 15.9. The summed E-state index contributed by atoms with van der Waals surface area (Å²) in [5.41, 5.74) is 3.67. The van der Waals surface area contributed by atoms with E-state index in [1.165, 1.54) is 11.8 Å². The van der Waals surface area contributed by atoms with Gasteiger partial charge in [0.25, 0.3) is 11.1 Å². The number of pyridine rings is 1. The molecule has 28 heavy (non-hydrogen) atoms. The molecule has 0 aliphatic carbocycles. The molecule has 0 bridgehead atoms. The number of methoxy groups -OCH3 is 1. The van der Waals surface area contributed by atoms with E-state index in [-0.39, 0.29) is 5.91 Å². The van der Waals surface area contributed by atoms with E-state index >= 15 is 0 Å². The zero-order chi connectivity index (χ0) is 19.3. The van der Waals surface area contributed by atoms with E-state index < -0.39 is 0 Å². The monoisotopic (exact) mass is 391 g/mol. The molecule has 0 fully saturated rings. The third-order valence-electron chi connectivity index (χ3n) is 4.09. The summed E-state index contributed by atoms with van der Waals surface area (Å²) in [5.74, 6) is 0.867. The van der Waals surface area contributed by atoms with Crippen LogP contribution in [-0.4, -0.2) is 23.0 Å². The highest BCUT2D eigenvalue weighted by molar-refractivity contribution is 7.98. The summed E-state index contributed by atoms with van der Waals surface area (Å²) in [6, 6.07) is 18.6. The van der Waals surface area contributed by atoms with E-state index in [0.717, 1.165) is 16.7 Å². The quantitative estimate of drug-likeness (QED) is 0.477. The summed E-state index contributed by atoms with van der Waals surface area (Å²) in [6.07, 6.45) is 1.56. The Balaban J connectivity index is 1.48. The van der Waals surface area contributed by atoms with Crippen molar-refractivity contribution in [2.24, 2.45) is 0 Å². The van der Waals surface area contributed by atoms with Crippen LogP contribution < -0.4 is 10.1 Å². The highest BCUT2D eigenvalue weighted by Gasteiger charge is 2.13. The first-order valence-electron chi connectivity index (χ1n) is 8.60. The molecule has 0 aliphatic rings. The lowest BCUT2D eigenvalue weighted by atomic mass is 10.1. The summed E-state index contributed by atoms with van der Waals surface area (Å²) in [7, 11) is 1.55. The number of oxazole rings is 1. The van der Waals surface area contributed by atoms with Gasteiger partial charge in [0, 0.05) is 17.4 Å². The number of anilines is 1. The van der Waals surface area contributed by atoms with Crippen molar-refractivity contribution in [2.75, 3.05) is 12.4 Å². The van der Waals surface area contributed by atoms with Crippen molar-refractivity contribution in [1.29, 1.82) is 0 Å². The lowest BCUT2D eigenvalue weighted by Gasteiger charge is -2.09. The van der Waals surface area contributed by atoms with Gasteiger partial charge in [0.1, 0.15) is 5.52 Å². The van der Waals surface area contributed by atoms with E-state index in [0.29, 0.717) is 28.1 Å². The van der Waals surface area contributed by atoms with Crippen LogP contribution in [0.1, 0.15) is 15.9 Å². The fourth-order valence-electron chi connectivity index (χ4n) is 2.69. The van der Waals surface area contributed by atoms with Crippen LogP contribution in [-0.2, 0) is 5.75 Å². The van der Waals surface area contributed by atoms with Crippen LogP contribution in [0.2, 0.25) is 0 Å². The summed E-state index contributed by atoms with van der Waals surface area (Å²) >= 11 is 1.46. The number of nitrogens with one attached hydrogen (secondary N) is 1.